The van der Waals surface area contributed by atoms with Crippen molar-refractivity contribution in [2.24, 2.45) is 0 Å². The molecular formula is C23H22N4O. The summed E-state index contributed by atoms with van der Waals surface area (Å²) < 4.78 is 2.81. The predicted octanol–water partition coefficient (Wildman–Crippen LogP) is 4.98. The van der Waals surface area contributed by atoms with Gasteiger partial charge in [-0.1, -0.05) is 74.5 Å². The van der Waals surface area contributed by atoms with E-state index in [9.17, 15) is 4.79 Å². The van der Waals surface area contributed by atoms with Gasteiger partial charge < -0.3 is 0 Å². The Morgan fingerprint density at radius 2 is 1.64 bits per heavy atom. The van der Waals surface area contributed by atoms with E-state index in [4.69, 9.17) is 5.10 Å². The summed E-state index contributed by atoms with van der Waals surface area (Å²) in [7, 11) is 0. The van der Waals surface area contributed by atoms with Crippen molar-refractivity contribution in [2.45, 2.75) is 26.2 Å². The molecule has 0 atom stereocenters. The van der Waals surface area contributed by atoms with Crippen molar-refractivity contribution in [3.05, 3.63) is 95.9 Å². The lowest BCUT2D eigenvalue weighted by atomic mass is 9.94. The maximum atomic E-state index is 13.1. The van der Waals surface area contributed by atoms with Gasteiger partial charge in [-0.3, -0.25) is 0 Å². The van der Waals surface area contributed by atoms with E-state index >= 15 is 0 Å². The van der Waals surface area contributed by atoms with Gasteiger partial charge in [-0.25, -0.2) is 4.79 Å². The lowest BCUT2D eigenvalue weighted by Gasteiger charge is -2.12. The second-order valence-electron chi connectivity index (χ2n) is 7.04. The molecule has 140 valence electrons. The Hall–Kier alpha value is -3.47. The van der Waals surface area contributed by atoms with Crippen LogP contribution in [0.4, 0.5) is 4.79 Å². The SMILES string of the molecule is CC(C)c1c(Cc2ccccc2)nn(C(=O)n2cccn2)c1-c1ccccc1. The minimum Gasteiger partial charge on any atom is -0.244 e. The average molecular weight is 370 g/mol. The average Bonchev–Trinajstić information content (AvgIpc) is 3.37. The Morgan fingerprint density at radius 3 is 2.25 bits per heavy atom. The second kappa shape index (κ2) is 7.64. The normalized spacial score (nSPS) is 11.1. The zero-order valence-electron chi connectivity index (χ0n) is 16.0. The van der Waals surface area contributed by atoms with Crippen LogP contribution in [0, 0.1) is 0 Å². The van der Waals surface area contributed by atoms with Crippen molar-refractivity contribution in [1.82, 2.24) is 19.6 Å². The monoisotopic (exact) mass is 370 g/mol. The molecule has 4 rings (SSSR count). The number of carbonyl (C=O) groups excluding carboxylic acids is 1. The molecule has 0 aliphatic heterocycles. The van der Waals surface area contributed by atoms with Crippen molar-refractivity contribution in [2.75, 3.05) is 0 Å². The molecule has 0 unspecified atom stereocenters. The summed E-state index contributed by atoms with van der Waals surface area (Å²) in [6, 6.07) is 21.6. The number of benzene rings is 2. The molecule has 0 amide bonds. The summed E-state index contributed by atoms with van der Waals surface area (Å²) in [5.41, 5.74) is 4.98. The van der Waals surface area contributed by atoms with Crippen molar-refractivity contribution in [3.8, 4) is 11.3 Å². The second-order valence-corrected chi connectivity index (χ2v) is 7.04. The van der Waals surface area contributed by atoms with Crippen LogP contribution in [0.2, 0.25) is 0 Å². The van der Waals surface area contributed by atoms with Gasteiger partial charge in [0, 0.05) is 29.9 Å². The number of hydrogen-bond donors (Lipinski definition) is 0. The molecule has 0 spiro atoms. The molecule has 0 aliphatic rings. The number of carbonyl (C=O) groups is 1. The van der Waals surface area contributed by atoms with Crippen LogP contribution in [0.3, 0.4) is 0 Å². The lowest BCUT2D eigenvalue weighted by Crippen LogP contribution is -2.22. The summed E-state index contributed by atoms with van der Waals surface area (Å²) in [6.45, 7) is 4.28. The quantitative estimate of drug-likeness (QED) is 0.509. The molecule has 0 saturated carbocycles. The van der Waals surface area contributed by atoms with Gasteiger partial charge in [0.05, 0.1) is 11.4 Å². The van der Waals surface area contributed by atoms with Crippen molar-refractivity contribution >= 4 is 6.03 Å². The van der Waals surface area contributed by atoms with Gasteiger partial charge in [0.1, 0.15) is 0 Å². The Labute approximate surface area is 164 Å². The zero-order valence-corrected chi connectivity index (χ0v) is 16.0. The molecule has 0 radical (unpaired) electrons. The molecule has 4 aromatic rings. The van der Waals surface area contributed by atoms with Crippen LogP contribution in [0.1, 0.15) is 36.6 Å². The first-order chi connectivity index (χ1) is 13.6. The van der Waals surface area contributed by atoms with Crippen LogP contribution in [-0.2, 0) is 6.42 Å². The molecule has 0 saturated heterocycles. The van der Waals surface area contributed by atoms with Crippen LogP contribution in [-0.4, -0.2) is 25.6 Å². The first-order valence-electron chi connectivity index (χ1n) is 9.40. The molecule has 2 aromatic carbocycles. The minimum atomic E-state index is -0.287. The molecule has 2 aromatic heterocycles. The smallest absolute Gasteiger partial charge is 0.244 e. The van der Waals surface area contributed by atoms with Gasteiger partial charge in [0.2, 0.25) is 0 Å². The van der Waals surface area contributed by atoms with E-state index < -0.39 is 0 Å². The van der Waals surface area contributed by atoms with Crippen LogP contribution in [0.5, 0.6) is 0 Å². The number of rotatable bonds is 4. The number of hydrogen-bond acceptors (Lipinski definition) is 3. The van der Waals surface area contributed by atoms with Gasteiger partial charge in [-0.05, 0) is 17.5 Å². The topological polar surface area (TPSA) is 52.7 Å². The summed E-state index contributed by atoms with van der Waals surface area (Å²) in [5, 5.41) is 8.87. The molecule has 0 aliphatic carbocycles. The first kappa shape index (κ1) is 17.9. The third kappa shape index (κ3) is 3.39. The standard InChI is InChI=1S/C23H22N4O/c1-17(2)21-20(16-18-10-5-3-6-11-18)25-27(23(28)26-15-9-14-24-26)22(21)19-12-7-4-8-13-19/h3-15,17H,16H2,1-2H3. The molecular weight excluding hydrogens is 348 g/mol. The highest BCUT2D eigenvalue weighted by Crippen LogP contribution is 2.33. The van der Waals surface area contributed by atoms with Crippen LogP contribution < -0.4 is 0 Å². The van der Waals surface area contributed by atoms with Crippen LogP contribution in [0.25, 0.3) is 11.3 Å². The van der Waals surface area contributed by atoms with E-state index in [-0.39, 0.29) is 11.9 Å². The van der Waals surface area contributed by atoms with Crippen molar-refractivity contribution in [3.63, 3.8) is 0 Å². The third-order valence-corrected chi connectivity index (χ3v) is 4.72. The van der Waals surface area contributed by atoms with Gasteiger partial charge in [-0.15, -0.1) is 0 Å². The number of nitrogens with zero attached hydrogens (tertiary/aromatic N) is 4. The summed E-state index contributed by atoms with van der Waals surface area (Å²) in [6.07, 6.45) is 3.91. The Bertz CT molecular complexity index is 1060. The Morgan fingerprint density at radius 1 is 0.964 bits per heavy atom. The highest BCUT2D eigenvalue weighted by atomic mass is 16.2. The number of aromatic nitrogens is 4. The third-order valence-electron chi connectivity index (χ3n) is 4.72. The maximum Gasteiger partial charge on any atom is 0.369 e. The fourth-order valence-corrected chi connectivity index (χ4v) is 3.49. The van der Waals surface area contributed by atoms with Gasteiger partial charge in [0.15, 0.2) is 0 Å². The fourth-order valence-electron chi connectivity index (χ4n) is 3.49. The molecule has 0 fully saturated rings. The van der Waals surface area contributed by atoms with E-state index in [0.29, 0.717) is 6.42 Å². The Balaban J connectivity index is 1.91. The minimum absolute atomic E-state index is 0.216. The molecule has 5 nitrogen and oxygen atoms in total. The maximum absolute atomic E-state index is 13.1. The summed E-state index contributed by atoms with van der Waals surface area (Å²) in [5.74, 6) is 0.216. The summed E-state index contributed by atoms with van der Waals surface area (Å²) in [4.78, 5) is 13.1. The van der Waals surface area contributed by atoms with E-state index in [2.05, 4.69) is 31.1 Å². The van der Waals surface area contributed by atoms with E-state index in [1.54, 1.807) is 18.5 Å². The molecule has 5 heteroatoms. The lowest BCUT2D eigenvalue weighted by molar-refractivity contribution is 0.238. The highest BCUT2D eigenvalue weighted by Gasteiger charge is 2.25. The molecule has 0 N–H and O–H groups in total. The van der Waals surface area contributed by atoms with E-state index in [0.717, 1.165) is 22.5 Å². The largest absolute Gasteiger partial charge is 0.369 e. The molecule has 0 bridgehead atoms. The van der Waals surface area contributed by atoms with E-state index in [1.165, 1.54) is 14.9 Å². The van der Waals surface area contributed by atoms with Gasteiger partial charge in [-0.2, -0.15) is 19.6 Å². The zero-order chi connectivity index (χ0) is 19.5. The van der Waals surface area contributed by atoms with Crippen molar-refractivity contribution < 1.29 is 4.79 Å². The first-order valence-corrected chi connectivity index (χ1v) is 9.40. The predicted molar refractivity (Wildman–Crippen MR) is 109 cm³/mol. The van der Waals surface area contributed by atoms with Gasteiger partial charge in [0.25, 0.3) is 0 Å². The summed E-state index contributed by atoms with van der Waals surface area (Å²) >= 11 is 0. The van der Waals surface area contributed by atoms with Crippen molar-refractivity contribution in [1.29, 1.82) is 0 Å². The van der Waals surface area contributed by atoms with E-state index in [1.807, 2.05) is 48.5 Å². The molecule has 28 heavy (non-hydrogen) atoms. The van der Waals surface area contributed by atoms with Crippen LogP contribution in [0.15, 0.2) is 79.1 Å². The fraction of sp³-hybridized carbons (Fsp3) is 0.174. The van der Waals surface area contributed by atoms with Crippen LogP contribution >= 0.6 is 0 Å². The highest BCUT2D eigenvalue weighted by molar-refractivity contribution is 5.84. The Kier molecular flexibility index (Phi) is 4.89. The molecule has 2 heterocycles. The van der Waals surface area contributed by atoms with Gasteiger partial charge >= 0.3 is 6.03 Å².